The van der Waals surface area contributed by atoms with Crippen LogP contribution in [-0.2, 0) is 0 Å². The molecule has 0 atom stereocenters. The van der Waals surface area contributed by atoms with E-state index < -0.39 is 0 Å². The van der Waals surface area contributed by atoms with Crippen LogP contribution in [0.1, 0.15) is 25.3 Å². The van der Waals surface area contributed by atoms with Gasteiger partial charge >= 0.3 is 0 Å². The van der Waals surface area contributed by atoms with Gasteiger partial charge in [0.25, 0.3) is 0 Å². The summed E-state index contributed by atoms with van der Waals surface area (Å²) in [7, 11) is 0. The summed E-state index contributed by atoms with van der Waals surface area (Å²) in [5.74, 6) is 0.918. The molecule has 0 saturated heterocycles. The molecule has 0 radical (unpaired) electrons. The van der Waals surface area contributed by atoms with Crippen LogP contribution in [0.15, 0.2) is 24.3 Å². The van der Waals surface area contributed by atoms with Gasteiger partial charge in [0.15, 0.2) is 0 Å². The first-order chi connectivity index (χ1) is 7.58. The minimum absolute atomic E-state index is 0.428. The van der Waals surface area contributed by atoms with Crippen molar-refractivity contribution in [2.45, 2.75) is 19.8 Å². The first kappa shape index (κ1) is 11.0. The number of nitrogens with two attached hydrogens (primary N) is 1. The van der Waals surface area contributed by atoms with Crippen molar-refractivity contribution in [2.75, 3.05) is 5.73 Å². The fourth-order valence-corrected chi connectivity index (χ4v) is 1.91. The number of H-pyrrole nitrogens is 1. The second-order valence-corrected chi connectivity index (χ2v) is 4.53. The molecule has 2 aromatic rings. The van der Waals surface area contributed by atoms with Gasteiger partial charge in [0.1, 0.15) is 5.82 Å². The Labute approximate surface area is 99.6 Å². The molecule has 0 amide bonds. The van der Waals surface area contributed by atoms with E-state index >= 15 is 0 Å². The highest BCUT2D eigenvalue weighted by Gasteiger charge is 2.11. The third-order valence-corrected chi connectivity index (χ3v) is 2.76. The zero-order chi connectivity index (χ0) is 11.7. The van der Waals surface area contributed by atoms with Gasteiger partial charge in [-0.25, -0.2) is 0 Å². The summed E-state index contributed by atoms with van der Waals surface area (Å²) in [4.78, 5) is 0. The summed E-state index contributed by atoms with van der Waals surface area (Å²) in [5.41, 5.74) is 8.80. The van der Waals surface area contributed by atoms with E-state index in [1.54, 1.807) is 0 Å². The van der Waals surface area contributed by atoms with E-state index in [0.29, 0.717) is 16.8 Å². The third-order valence-electron chi connectivity index (χ3n) is 2.53. The van der Waals surface area contributed by atoms with Crippen molar-refractivity contribution in [3.05, 3.63) is 34.9 Å². The van der Waals surface area contributed by atoms with Gasteiger partial charge in [0.05, 0.1) is 5.69 Å². The average Bonchev–Trinajstić information content (AvgIpc) is 2.64. The van der Waals surface area contributed by atoms with Crippen molar-refractivity contribution in [3.63, 3.8) is 0 Å². The first-order valence-corrected chi connectivity index (χ1v) is 5.56. The van der Waals surface area contributed by atoms with Gasteiger partial charge in [-0.05, 0) is 23.6 Å². The molecule has 1 aromatic heterocycles. The van der Waals surface area contributed by atoms with Gasteiger partial charge in [-0.15, -0.1) is 0 Å². The molecule has 3 N–H and O–H groups in total. The molecule has 0 fully saturated rings. The fraction of sp³-hybridized carbons (Fsp3) is 0.250. The van der Waals surface area contributed by atoms with Crippen LogP contribution in [0.2, 0.25) is 5.02 Å². The lowest BCUT2D eigenvalue weighted by Gasteiger charge is -2.11. The highest BCUT2D eigenvalue weighted by atomic mass is 35.5. The Kier molecular flexibility index (Phi) is 2.88. The lowest BCUT2D eigenvalue weighted by Crippen LogP contribution is -1.92. The number of rotatable bonds is 2. The van der Waals surface area contributed by atoms with E-state index in [2.05, 4.69) is 24.0 Å². The number of anilines is 1. The Bertz CT molecular complexity index is 503. The number of nitrogen functional groups attached to an aromatic ring is 1. The second-order valence-electron chi connectivity index (χ2n) is 4.09. The van der Waals surface area contributed by atoms with Crippen molar-refractivity contribution < 1.29 is 0 Å². The molecule has 0 unspecified atom stereocenters. The highest BCUT2D eigenvalue weighted by Crippen LogP contribution is 2.31. The Morgan fingerprint density at radius 1 is 1.31 bits per heavy atom. The molecule has 3 nitrogen and oxygen atoms in total. The van der Waals surface area contributed by atoms with Crippen molar-refractivity contribution in [1.82, 2.24) is 10.2 Å². The summed E-state index contributed by atoms with van der Waals surface area (Å²) in [6.07, 6.45) is 0. The monoisotopic (exact) mass is 235 g/mol. The van der Waals surface area contributed by atoms with E-state index in [9.17, 15) is 0 Å². The highest BCUT2D eigenvalue weighted by molar-refractivity contribution is 6.30. The van der Waals surface area contributed by atoms with Crippen LogP contribution in [0.25, 0.3) is 11.3 Å². The molecule has 0 aliphatic carbocycles. The topological polar surface area (TPSA) is 54.7 Å². The molecule has 1 heterocycles. The summed E-state index contributed by atoms with van der Waals surface area (Å²) in [6, 6.07) is 7.70. The minimum atomic E-state index is 0.428. The van der Waals surface area contributed by atoms with Crippen LogP contribution in [0.4, 0.5) is 5.82 Å². The van der Waals surface area contributed by atoms with Crippen LogP contribution in [0.5, 0.6) is 0 Å². The Morgan fingerprint density at radius 2 is 2.06 bits per heavy atom. The molecular weight excluding hydrogens is 222 g/mol. The maximum atomic E-state index is 6.01. The number of nitrogens with one attached hydrogen (secondary N) is 1. The maximum Gasteiger partial charge on any atom is 0.145 e. The van der Waals surface area contributed by atoms with E-state index in [0.717, 1.165) is 11.3 Å². The van der Waals surface area contributed by atoms with Crippen LogP contribution >= 0.6 is 11.6 Å². The lowest BCUT2D eigenvalue weighted by molar-refractivity contribution is 0.867. The van der Waals surface area contributed by atoms with Crippen LogP contribution in [0.3, 0.4) is 0 Å². The smallest absolute Gasteiger partial charge is 0.145 e. The van der Waals surface area contributed by atoms with Crippen molar-refractivity contribution in [2.24, 2.45) is 0 Å². The lowest BCUT2D eigenvalue weighted by atomic mass is 9.95. The molecule has 1 aromatic carbocycles. The predicted octanol–water partition coefficient (Wildman–Crippen LogP) is 3.44. The predicted molar refractivity (Wildman–Crippen MR) is 67.5 cm³/mol. The number of aromatic amines is 1. The fourth-order valence-electron chi connectivity index (χ4n) is 1.74. The van der Waals surface area contributed by atoms with Gasteiger partial charge in [-0.3, -0.25) is 5.10 Å². The van der Waals surface area contributed by atoms with E-state index in [4.69, 9.17) is 17.3 Å². The normalized spacial score (nSPS) is 11.0. The number of hydrogen-bond donors (Lipinski definition) is 2. The molecule has 0 bridgehead atoms. The van der Waals surface area contributed by atoms with E-state index in [-0.39, 0.29) is 0 Å². The van der Waals surface area contributed by atoms with Gasteiger partial charge in [0, 0.05) is 16.7 Å². The Morgan fingerprint density at radius 3 is 2.62 bits per heavy atom. The maximum absolute atomic E-state index is 6.01. The summed E-state index contributed by atoms with van der Waals surface area (Å²) in [6.45, 7) is 4.29. The SMILES string of the molecule is CC(C)c1ccc(Cl)cc1-c1cc(N)n[nH]1. The van der Waals surface area contributed by atoms with Crippen molar-refractivity contribution in [3.8, 4) is 11.3 Å². The number of benzene rings is 1. The summed E-state index contributed by atoms with van der Waals surface area (Å²) in [5, 5.41) is 7.56. The molecule has 0 spiro atoms. The summed E-state index contributed by atoms with van der Waals surface area (Å²) >= 11 is 6.01. The molecular formula is C12H14ClN3. The molecule has 0 aliphatic heterocycles. The quantitative estimate of drug-likeness (QED) is 0.838. The van der Waals surface area contributed by atoms with E-state index in [1.807, 2.05) is 24.3 Å². The van der Waals surface area contributed by atoms with Crippen LogP contribution in [0, 0.1) is 0 Å². The van der Waals surface area contributed by atoms with Gasteiger partial charge < -0.3 is 5.73 Å². The van der Waals surface area contributed by atoms with Gasteiger partial charge in [0.2, 0.25) is 0 Å². The zero-order valence-corrected chi connectivity index (χ0v) is 10.0. The molecule has 0 aliphatic rings. The number of halogens is 1. The van der Waals surface area contributed by atoms with Crippen LogP contribution in [-0.4, -0.2) is 10.2 Å². The number of nitrogens with zero attached hydrogens (tertiary/aromatic N) is 1. The largest absolute Gasteiger partial charge is 0.382 e. The van der Waals surface area contributed by atoms with Gasteiger partial charge in [-0.1, -0.05) is 31.5 Å². The van der Waals surface area contributed by atoms with Crippen LogP contribution < -0.4 is 5.73 Å². The molecule has 0 saturated carbocycles. The van der Waals surface area contributed by atoms with Gasteiger partial charge in [-0.2, -0.15) is 5.10 Å². The van der Waals surface area contributed by atoms with Crippen molar-refractivity contribution in [1.29, 1.82) is 0 Å². The minimum Gasteiger partial charge on any atom is -0.382 e. The molecule has 16 heavy (non-hydrogen) atoms. The zero-order valence-electron chi connectivity index (χ0n) is 9.29. The number of hydrogen-bond acceptors (Lipinski definition) is 2. The standard InChI is InChI=1S/C12H14ClN3/c1-7(2)9-4-3-8(13)5-10(9)11-6-12(14)16-15-11/h3-7H,1-2H3,(H3,14,15,16). The Hall–Kier alpha value is -1.48. The second kappa shape index (κ2) is 4.18. The Balaban J connectivity index is 2.57. The van der Waals surface area contributed by atoms with Crippen molar-refractivity contribution >= 4 is 17.4 Å². The molecule has 2 rings (SSSR count). The molecule has 84 valence electrons. The molecule has 4 heteroatoms. The number of aromatic nitrogens is 2. The summed E-state index contributed by atoms with van der Waals surface area (Å²) < 4.78 is 0. The third kappa shape index (κ3) is 2.04. The van der Waals surface area contributed by atoms with E-state index in [1.165, 1.54) is 5.56 Å². The first-order valence-electron chi connectivity index (χ1n) is 5.18. The average molecular weight is 236 g/mol.